The Morgan fingerprint density at radius 1 is 1.53 bits per heavy atom. The van der Waals surface area contributed by atoms with Crippen molar-refractivity contribution in [3.8, 4) is 0 Å². The van der Waals surface area contributed by atoms with Crippen LogP contribution in [0.4, 0.5) is 11.4 Å². The number of hydrogen-bond acceptors (Lipinski definition) is 6. The molecule has 0 amide bonds. The van der Waals surface area contributed by atoms with Gasteiger partial charge in [0.1, 0.15) is 5.56 Å². The number of nitrogen functional groups attached to an aromatic ring is 1. The summed E-state index contributed by atoms with van der Waals surface area (Å²) in [5, 5.41) is 11.1. The topological polar surface area (TPSA) is 108 Å². The standard InChI is InChI=1S/C12H11N3O4/c1-2-19-12(16)9-6-14-10-4-3-7(15(17)18)5-8(10)11(9)13/h3-6H,2H2,1H3,(H2,13,14). The Labute approximate surface area is 108 Å². The van der Waals surface area contributed by atoms with Gasteiger partial charge in [0.05, 0.1) is 22.7 Å². The van der Waals surface area contributed by atoms with Crippen molar-refractivity contribution in [1.29, 1.82) is 0 Å². The van der Waals surface area contributed by atoms with E-state index in [-0.39, 0.29) is 23.5 Å². The first-order valence-corrected chi connectivity index (χ1v) is 5.54. The van der Waals surface area contributed by atoms with Gasteiger partial charge in [-0.1, -0.05) is 0 Å². The maximum absolute atomic E-state index is 11.7. The zero-order chi connectivity index (χ0) is 14.0. The Balaban J connectivity index is 2.61. The molecule has 2 aromatic rings. The first kappa shape index (κ1) is 12.7. The zero-order valence-electron chi connectivity index (χ0n) is 10.1. The summed E-state index contributed by atoms with van der Waals surface area (Å²) in [5.41, 5.74) is 6.47. The fraction of sp³-hybridized carbons (Fsp3) is 0.167. The van der Waals surface area contributed by atoms with E-state index in [1.165, 1.54) is 24.4 Å². The highest BCUT2D eigenvalue weighted by molar-refractivity contribution is 6.04. The molecule has 0 radical (unpaired) electrons. The SMILES string of the molecule is CCOC(=O)c1cnc2ccc([N+](=O)[O-])cc2c1N. The lowest BCUT2D eigenvalue weighted by molar-refractivity contribution is -0.384. The largest absolute Gasteiger partial charge is 0.462 e. The number of carbonyl (C=O) groups excluding carboxylic acids is 1. The minimum absolute atomic E-state index is 0.106. The highest BCUT2D eigenvalue weighted by Gasteiger charge is 2.16. The van der Waals surface area contributed by atoms with Crippen LogP contribution in [0.5, 0.6) is 0 Å². The van der Waals surface area contributed by atoms with Gasteiger partial charge in [-0.15, -0.1) is 0 Å². The number of rotatable bonds is 3. The van der Waals surface area contributed by atoms with Crippen molar-refractivity contribution in [1.82, 2.24) is 4.98 Å². The molecule has 98 valence electrons. The van der Waals surface area contributed by atoms with E-state index in [9.17, 15) is 14.9 Å². The Morgan fingerprint density at radius 3 is 2.89 bits per heavy atom. The van der Waals surface area contributed by atoms with Crippen molar-refractivity contribution in [3.05, 3.63) is 40.1 Å². The number of aromatic nitrogens is 1. The Hall–Kier alpha value is -2.70. The second-order valence-electron chi connectivity index (χ2n) is 3.76. The normalized spacial score (nSPS) is 10.4. The maximum Gasteiger partial charge on any atom is 0.341 e. The monoisotopic (exact) mass is 261 g/mol. The van der Waals surface area contributed by atoms with Gasteiger partial charge in [-0.25, -0.2) is 4.79 Å². The van der Waals surface area contributed by atoms with E-state index in [0.29, 0.717) is 10.9 Å². The van der Waals surface area contributed by atoms with Crippen molar-refractivity contribution in [2.75, 3.05) is 12.3 Å². The molecule has 2 rings (SSSR count). The summed E-state index contributed by atoms with van der Waals surface area (Å²) in [4.78, 5) is 25.9. The molecule has 0 bridgehead atoms. The number of nitrogens with two attached hydrogens (primary N) is 1. The van der Waals surface area contributed by atoms with Gasteiger partial charge in [-0.05, 0) is 13.0 Å². The number of benzene rings is 1. The number of ether oxygens (including phenoxy) is 1. The van der Waals surface area contributed by atoms with Gasteiger partial charge in [0.2, 0.25) is 0 Å². The number of non-ortho nitro benzene ring substituents is 1. The first-order valence-electron chi connectivity index (χ1n) is 5.54. The molecule has 0 aliphatic rings. The Bertz CT molecular complexity index is 669. The van der Waals surface area contributed by atoms with E-state index >= 15 is 0 Å². The second-order valence-corrected chi connectivity index (χ2v) is 3.76. The molecule has 1 aromatic heterocycles. The molecule has 0 aliphatic heterocycles. The maximum atomic E-state index is 11.7. The lowest BCUT2D eigenvalue weighted by Crippen LogP contribution is -2.09. The molecule has 0 spiro atoms. The lowest BCUT2D eigenvalue weighted by atomic mass is 10.1. The van der Waals surface area contributed by atoms with Crippen LogP contribution in [0.1, 0.15) is 17.3 Å². The molecular weight excluding hydrogens is 250 g/mol. The number of anilines is 1. The fourth-order valence-corrected chi connectivity index (χ4v) is 1.69. The van der Waals surface area contributed by atoms with E-state index in [4.69, 9.17) is 10.5 Å². The number of hydrogen-bond donors (Lipinski definition) is 1. The summed E-state index contributed by atoms with van der Waals surface area (Å²) >= 11 is 0. The van der Waals surface area contributed by atoms with Crippen LogP contribution < -0.4 is 5.73 Å². The average molecular weight is 261 g/mol. The van der Waals surface area contributed by atoms with E-state index < -0.39 is 10.9 Å². The second kappa shape index (κ2) is 4.89. The third-order valence-corrected chi connectivity index (χ3v) is 2.60. The van der Waals surface area contributed by atoms with Gasteiger partial charge in [0.15, 0.2) is 0 Å². The Morgan fingerprint density at radius 2 is 2.26 bits per heavy atom. The van der Waals surface area contributed by atoms with Crippen LogP contribution in [0.2, 0.25) is 0 Å². The van der Waals surface area contributed by atoms with Crippen LogP contribution in [0, 0.1) is 10.1 Å². The van der Waals surface area contributed by atoms with Crippen LogP contribution in [-0.4, -0.2) is 22.5 Å². The minimum Gasteiger partial charge on any atom is -0.462 e. The molecule has 7 heteroatoms. The lowest BCUT2D eigenvalue weighted by Gasteiger charge is -2.07. The smallest absolute Gasteiger partial charge is 0.341 e. The average Bonchev–Trinajstić information content (AvgIpc) is 2.39. The summed E-state index contributed by atoms with van der Waals surface area (Å²) < 4.78 is 4.84. The van der Waals surface area contributed by atoms with Crippen LogP contribution >= 0.6 is 0 Å². The van der Waals surface area contributed by atoms with Crippen LogP contribution in [0.3, 0.4) is 0 Å². The molecule has 2 N–H and O–H groups in total. The molecule has 7 nitrogen and oxygen atoms in total. The molecule has 0 fully saturated rings. The van der Waals surface area contributed by atoms with Crippen molar-refractivity contribution in [2.45, 2.75) is 6.92 Å². The summed E-state index contributed by atoms with van der Waals surface area (Å²) in [6.45, 7) is 1.89. The van der Waals surface area contributed by atoms with E-state index in [2.05, 4.69) is 4.98 Å². The van der Waals surface area contributed by atoms with E-state index in [1.807, 2.05) is 0 Å². The quantitative estimate of drug-likeness (QED) is 0.513. The van der Waals surface area contributed by atoms with Gasteiger partial charge < -0.3 is 10.5 Å². The highest BCUT2D eigenvalue weighted by Crippen LogP contribution is 2.27. The van der Waals surface area contributed by atoms with Crippen LogP contribution in [0.25, 0.3) is 10.9 Å². The third-order valence-electron chi connectivity index (χ3n) is 2.60. The molecule has 1 aromatic carbocycles. The van der Waals surface area contributed by atoms with Gasteiger partial charge >= 0.3 is 5.97 Å². The summed E-state index contributed by atoms with van der Waals surface area (Å²) in [6.07, 6.45) is 1.31. The molecule has 0 saturated carbocycles. The van der Waals surface area contributed by atoms with E-state index in [0.717, 1.165) is 0 Å². The summed E-state index contributed by atoms with van der Waals surface area (Å²) in [5.74, 6) is -0.596. The summed E-state index contributed by atoms with van der Waals surface area (Å²) in [6, 6.07) is 4.11. The van der Waals surface area contributed by atoms with Crippen molar-refractivity contribution in [2.24, 2.45) is 0 Å². The van der Waals surface area contributed by atoms with E-state index in [1.54, 1.807) is 6.92 Å². The first-order chi connectivity index (χ1) is 9.04. The number of nitro benzene ring substituents is 1. The molecule has 19 heavy (non-hydrogen) atoms. The zero-order valence-corrected chi connectivity index (χ0v) is 10.1. The number of nitro groups is 1. The van der Waals surface area contributed by atoms with Crippen molar-refractivity contribution >= 4 is 28.2 Å². The number of fused-ring (bicyclic) bond motifs is 1. The molecule has 1 heterocycles. The molecular formula is C12H11N3O4. The summed E-state index contributed by atoms with van der Waals surface area (Å²) in [7, 11) is 0. The van der Waals surface area contributed by atoms with Gasteiger partial charge in [-0.3, -0.25) is 15.1 Å². The number of pyridine rings is 1. The molecule has 0 aliphatic carbocycles. The number of carbonyl (C=O) groups is 1. The highest BCUT2D eigenvalue weighted by atomic mass is 16.6. The van der Waals surface area contributed by atoms with Crippen molar-refractivity contribution < 1.29 is 14.5 Å². The predicted molar refractivity (Wildman–Crippen MR) is 68.8 cm³/mol. The molecule has 0 saturated heterocycles. The molecule has 0 unspecified atom stereocenters. The van der Waals surface area contributed by atoms with Gasteiger partial charge in [0, 0.05) is 23.7 Å². The fourth-order valence-electron chi connectivity index (χ4n) is 1.69. The number of esters is 1. The number of nitrogens with zero attached hydrogens (tertiary/aromatic N) is 2. The van der Waals surface area contributed by atoms with Gasteiger partial charge in [-0.2, -0.15) is 0 Å². The molecule has 0 atom stereocenters. The predicted octanol–water partition coefficient (Wildman–Crippen LogP) is 1.90. The van der Waals surface area contributed by atoms with Crippen molar-refractivity contribution in [3.63, 3.8) is 0 Å². The minimum atomic E-state index is -0.596. The third kappa shape index (κ3) is 2.30. The van der Waals surface area contributed by atoms with Crippen LogP contribution in [-0.2, 0) is 4.74 Å². The Kier molecular flexibility index (Phi) is 3.28. The van der Waals surface area contributed by atoms with Crippen LogP contribution in [0.15, 0.2) is 24.4 Å². The van der Waals surface area contributed by atoms with Gasteiger partial charge in [0.25, 0.3) is 5.69 Å².